The summed E-state index contributed by atoms with van der Waals surface area (Å²) in [5.74, 6) is 1.12. The highest BCUT2D eigenvalue weighted by Crippen LogP contribution is 2.29. The molecule has 1 aliphatic heterocycles. The lowest BCUT2D eigenvalue weighted by molar-refractivity contribution is 0.128. The second-order valence-electron chi connectivity index (χ2n) is 6.02. The first-order valence-corrected chi connectivity index (χ1v) is 9.28. The van der Waals surface area contributed by atoms with Crippen molar-refractivity contribution in [2.75, 3.05) is 18.9 Å². The van der Waals surface area contributed by atoms with Gasteiger partial charge in [0.05, 0.1) is 6.10 Å². The molecule has 2 rings (SSSR count). The topological polar surface area (TPSA) is 21.3 Å². The third-order valence-corrected chi connectivity index (χ3v) is 5.45. The predicted molar refractivity (Wildman–Crippen MR) is 93.1 cm³/mol. The molecular formula is C18H29NOS. The second-order valence-corrected chi connectivity index (χ2v) is 7.43. The van der Waals surface area contributed by atoms with Crippen molar-refractivity contribution in [1.29, 1.82) is 0 Å². The molecule has 0 spiro atoms. The Morgan fingerprint density at radius 2 is 2.10 bits per heavy atom. The zero-order chi connectivity index (χ0) is 15.1. The molecular weight excluding hydrogens is 278 g/mol. The number of hydrogen-bond acceptors (Lipinski definition) is 3. The molecule has 1 aromatic rings. The number of nitrogens with one attached hydrogen (secondary N) is 1. The van der Waals surface area contributed by atoms with Gasteiger partial charge in [0.2, 0.25) is 0 Å². The van der Waals surface area contributed by atoms with Crippen LogP contribution < -0.4 is 5.32 Å². The maximum atomic E-state index is 5.74. The molecule has 0 aromatic heterocycles. The number of rotatable bonds is 8. The van der Waals surface area contributed by atoms with Gasteiger partial charge in [0.25, 0.3) is 0 Å². The van der Waals surface area contributed by atoms with E-state index in [9.17, 15) is 0 Å². The van der Waals surface area contributed by atoms with Crippen molar-refractivity contribution < 1.29 is 4.74 Å². The lowest BCUT2D eigenvalue weighted by atomic mass is 10.0. The summed E-state index contributed by atoms with van der Waals surface area (Å²) in [7, 11) is 0. The first kappa shape index (κ1) is 16.9. The van der Waals surface area contributed by atoms with E-state index < -0.39 is 0 Å². The summed E-state index contributed by atoms with van der Waals surface area (Å²) in [4.78, 5) is 0. The quantitative estimate of drug-likeness (QED) is 0.772. The Labute approximate surface area is 134 Å². The Hall–Kier alpha value is -0.510. The zero-order valence-electron chi connectivity index (χ0n) is 13.6. The number of aryl methyl sites for hydroxylation is 1. The van der Waals surface area contributed by atoms with E-state index in [4.69, 9.17) is 4.74 Å². The Balaban J connectivity index is 1.94. The van der Waals surface area contributed by atoms with Crippen LogP contribution in [0.15, 0.2) is 24.3 Å². The lowest BCUT2D eigenvalue weighted by Gasteiger charge is -2.26. The van der Waals surface area contributed by atoms with Gasteiger partial charge >= 0.3 is 0 Å². The average molecular weight is 308 g/mol. The molecule has 118 valence electrons. The fourth-order valence-corrected chi connectivity index (χ4v) is 3.99. The maximum Gasteiger partial charge on any atom is 0.0666 e. The smallest absolute Gasteiger partial charge is 0.0666 e. The summed E-state index contributed by atoms with van der Waals surface area (Å²) in [5.41, 5.74) is 2.73. The van der Waals surface area contributed by atoms with E-state index in [0.29, 0.717) is 17.4 Å². The number of hydrogen-bond donors (Lipinski definition) is 1. The van der Waals surface area contributed by atoms with Crippen molar-refractivity contribution in [2.24, 2.45) is 0 Å². The van der Waals surface area contributed by atoms with Crippen molar-refractivity contribution in [1.82, 2.24) is 5.32 Å². The molecule has 1 fully saturated rings. The van der Waals surface area contributed by atoms with E-state index in [-0.39, 0.29) is 0 Å². The molecule has 0 bridgehead atoms. The van der Waals surface area contributed by atoms with Gasteiger partial charge in [0.15, 0.2) is 0 Å². The third kappa shape index (κ3) is 5.32. The minimum atomic E-state index is 0.428. The minimum Gasteiger partial charge on any atom is -0.377 e. The molecule has 2 nitrogen and oxygen atoms in total. The summed E-state index contributed by atoms with van der Waals surface area (Å²) in [6.07, 6.45) is 4.11. The van der Waals surface area contributed by atoms with Gasteiger partial charge in [-0.2, -0.15) is 11.8 Å². The van der Waals surface area contributed by atoms with Gasteiger partial charge in [0.1, 0.15) is 0 Å². The molecule has 1 saturated heterocycles. The largest absolute Gasteiger partial charge is 0.377 e. The van der Waals surface area contributed by atoms with Gasteiger partial charge in [-0.15, -0.1) is 0 Å². The average Bonchev–Trinajstić information content (AvgIpc) is 3.00. The fourth-order valence-electron chi connectivity index (χ4n) is 2.76. The third-order valence-electron chi connectivity index (χ3n) is 4.09. The molecule has 0 saturated carbocycles. The van der Waals surface area contributed by atoms with Crippen LogP contribution in [-0.2, 0) is 4.74 Å². The van der Waals surface area contributed by atoms with Crippen LogP contribution in [0.5, 0.6) is 0 Å². The van der Waals surface area contributed by atoms with Crippen LogP contribution >= 0.6 is 11.8 Å². The van der Waals surface area contributed by atoms with Crippen molar-refractivity contribution in [3.63, 3.8) is 0 Å². The molecule has 3 unspecified atom stereocenters. The van der Waals surface area contributed by atoms with E-state index in [1.807, 2.05) is 11.8 Å². The van der Waals surface area contributed by atoms with Crippen LogP contribution in [0.25, 0.3) is 0 Å². The van der Waals surface area contributed by atoms with Crippen LogP contribution in [-0.4, -0.2) is 30.3 Å². The van der Waals surface area contributed by atoms with Gasteiger partial charge in [-0.05, 0) is 38.3 Å². The fraction of sp³-hybridized carbons (Fsp3) is 0.667. The van der Waals surface area contributed by atoms with E-state index in [2.05, 4.69) is 50.4 Å². The van der Waals surface area contributed by atoms with E-state index in [1.54, 1.807) is 0 Å². The van der Waals surface area contributed by atoms with Crippen molar-refractivity contribution in [3.05, 3.63) is 35.4 Å². The summed E-state index contributed by atoms with van der Waals surface area (Å²) in [5, 5.41) is 4.28. The molecule has 0 aliphatic carbocycles. The summed E-state index contributed by atoms with van der Waals surface area (Å²) >= 11 is 2.04. The summed E-state index contributed by atoms with van der Waals surface area (Å²) in [6.45, 7) is 8.74. The zero-order valence-corrected chi connectivity index (χ0v) is 14.4. The highest BCUT2D eigenvalue weighted by Gasteiger charge is 2.22. The molecule has 1 aromatic carbocycles. The van der Waals surface area contributed by atoms with Crippen molar-refractivity contribution >= 4 is 11.8 Å². The van der Waals surface area contributed by atoms with E-state index in [0.717, 1.165) is 18.9 Å². The van der Waals surface area contributed by atoms with Crippen molar-refractivity contribution in [2.45, 2.75) is 57.4 Å². The van der Waals surface area contributed by atoms with Crippen LogP contribution in [0.4, 0.5) is 0 Å². The van der Waals surface area contributed by atoms with Gasteiger partial charge in [-0.1, -0.05) is 43.7 Å². The molecule has 1 aliphatic rings. The van der Waals surface area contributed by atoms with Gasteiger partial charge < -0.3 is 10.1 Å². The van der Waals surface area contributed by atoms with E-state index >= 15 is 0 Å². The number of benzene rings is 1. The Kier molecular flexibility index (Phi) is 7.08. The summed E-state index contributed by atoms with van der Waals surface area (Å²) < 4.78 is 5.74. The van der Waals surface area contributed by atoms with Gasteiger partial charge in [-0.25, -0.2) is 0 Å². The monoisotopic (exact) mass is 307 g/mol. The lowest BCUT2D eigenvalue weighted by Crippen LogP contribution is -2.30. The number of thioether (sulfide) groups is 1. The highest BCUT2D eigenvalue weighted by atomic mass is 32.2. The molecule has 21 heavy (non-hydrogen) atoms. The molecule has 0 radical (unpaired) electrons. The SMILES string of the molecule is CCCNC(c1ccc(C)cc1)C(C)SCC1CCCO1. The van der Waals surface area contributed by atoms with Crippen LogP contribution in [0.1, 0.15) is 50.3 Å². The summed E-state index contributed by atoms with van der Waals surface area (Å²) in [6, 6.07) is 9.40. The standard InChI is InChI=1S/C18H29NOS/c1-4-11-19-18(16-9-7-14(2)8-10-16)15(3)21-13-17-6-5-12-20-17/h7-10,15,17-19H,4-6,11-13H2,1-3H3. The molecule has 1 heterocycles. The first-order chi connectivity index (χ1) is 10.2. The number of ether oxygens (including phenoxy) is 1. The molecule has 3 atom stereocenters. The Morgan fingerprint density at radius 1 is 1.33 bits per heavy atom. The highest BCUT2D eigenvalue weighted by molar-refractivity contribution is 7.99. The Morgan fingerprint density at radius 3 is 2.71 bits per heavy atom. The second kappa shape index (κ2) is 8.82. The van der Waals surface area contributed by atoms with Gasteiger partial charge in [-0.3, -0.25) is 0 Å². The first-order valence-electron chi connectivity index (χ1n) is 8.24. The predicted octanol–water partition coefficient (Wildman–Crippen LogP) is 4.34. The van der Waals surface area contributed by atoms with Crippen LogP contribution in [0.2, 0.25) is 0 Å². The van der Waals surface area contributed by atoms with Crippen molar-refractivity contribution in [3.8, 4) is 0 Å². The maximum absolute atomic E-state index is 5.74. The van der Waals surface area contributed by atoms with E-state index in [1.165, 1.54) is 30.4 Å². The normalized spacial score (nSPS) is 21.4. The Bertz CT molecular complexity index is 400. The molecule has 3 heteroatoms. The van der Waals surface area contributed by atoms with Crippen LogP contribution in [0.3, 0.4) is 0 Å². The molecule has 0 amide bonds. The van der Waals surface area contributed by atoms with Crippen LogP contribution in [0, 0.1) is 6.92 Å². The minimum absolute atomic E-state index is 0.428. The van der Waals surface area contributed by atoms with Gasteiger partial charge in [0, 0.05) is 23.7 Å². The molecule has 1 N–H and O–H groups in total.